The lowest BCUT2D eigenvalue weighted by molar-refractivity contribution is -0.121. The van der Waals surface area contributed by atoms with Gasteiger partial charge in [-0.2, -0.15) is 0 Å². The summed E-state index contributed by atoms with van der Waals surface area (Å²) in [6.45, 7) is 10.4. The Balaban J connectivity index is 2.62. The van der Waals surface area contributed by atoms with Crippen molar-refractivity contribution in [3.05, 3.63) is 34.4 Å². The second-order valence-electron chi connectivity index (χ2n) is 6.33. The fourth-order valence-corrected chi connectivity index (χ4v) is 2.74. The Morgan fingerprint density at radius 1 is 1.10 bits per heavy atom. The molecule has 0 saturated heterocycles. The topological polar surface area (TPSA) is 43.1 Å². The fraction of sp³-hybridized carbons (Fsp3) is 0.611. The second kappa shape index (κ2) is 7.58. The zero-order valence-corrected chi connectivity index (χ0v) is 13.6. The van der Waals surface area contributed by atoms with Crippen molar-refractivity contribution in [1.82, 2.24) is 0 Å². The molecule has 0 aliphatic rings. The van der Waals surface area contributed by atoms with Gasteiger partial charge in [0, 0.05) is 18.4 Å². The molecule has 1 aromatic carbocycles. The van der Waals surface area contributed by atoms with Crippen LogP contribution in [0.5, 0.6) is 0 Å². The highest BCUT2D eigenvalue weighted by Crippen LogP contribution is 2.20. The van der Waals surface area contributed by atoms with Crippen molar-refractivity contribution < 1.29 is 4.79 Å². The quantitative estimate of drug-likeness (QED) is 0.820. The number of ketones is 1. The molecule has 1 aromatic rings. The molecule has 1 rings (SSSR count). The Morgan fingerprint density at radius 3 is 2.15 bits per heavy atom. The van der Waals surface area contributed by atoms with E-state index in [-0.39, 0.29) is 12.0 Å². The molecule has 0 aliphatic heterocycles. The minimum Gasteiger partial charge on any atom is -0.328 e. The second-order valence-corrected chi connectivity index (χ2v) is 6.33. The molecule has 0 radical (unpaired) electrons. The van der Waals surface area contributed by atoms with Gasteiger partial charge >= 0.3 is 0 Å². The number of rotatable bonds is 7. The number of carbonyl (C=O) groups excluding carboxylic acids is 1. The molecule has 112 valence electrons. The van der Waals surface area contributed by atoms with Gasteiger partial charge in [-0.25, -0.2) is 0 Å². The number of hydrogen-bond acceptors (Lipinski definition) is 2. The highest BCUT2D eigenvalue weighted by molar-refractivity contribution is 5.83. The summed E-state index contributed by atoms with van der Waals surface area (Å²) in [6.07, 6.45) is 3.55. The number of nitrogens with two attached hydrogens (primary N) is 1. The molecule has 0 heterocycles. The largest absolute Gasteiger partial charge is 0.328 e. The minimum absolute atomic E-state index is 0.133. The van der Waals surface area contributed by atoms with Crippen LogP contribution in [-0.2, 0) is 11.2 Å². The monoisotopic (exact) mass is 275 g/mol. The van der Waals surface area contributed by atoms with Crippen molar-refractivity contribution in [1.29, 1.82) is 0 Å². The number of Topliss-reactive ketones (excluding diaryl/α,β-unsaturated/α-hetero) is 1. The molecule has 2 N–H and O–H groups in total. The molecule has 0 fully saturated rings. The maximum atomic E-state index is 12.3. The zero-order chi connectivity index (χ0) is 15.3. The third kappa shape index (κ3) is 5.09. The van der Waals surface area contributed by atoms with E-state index in [0.29, 0.717) is 12.2 Å². The highest BCUT2D eigenvalue weighted by atomic mass is 16.1. The SMILES string of the molecule is Cc1cc(C)c(CC(=O)C(C)CCCC(C)N)c(C)c1. The summed E-state index contributed by atoms with van der Waals surface area (Å²) in [5.41, 5.74) is 10.7. The minimum atomic E-state index is 0.133. The van der Waals surface area contributed by atoms with Gasteiger partial charge in [-0.3, -0.25) is 4.79 Å². The normalized spacial score (nSPS) is 14.1. The van der Waals surface area contributed by atoms with Gasteiger partial charge in [0.2, 0.25) is 0 Å². The number of hydrogen-bond donors (Lipinski definition) is 1. The van der Waals surface area contributed by atoms with Crippen molar-refractivity contribution in [3.63, 3.8) is 0 Å². The van der Waals surface area contributed by atoms with Crippen LogP contribution in [0.25, 0.3) is 0 Å². The van der Waals surface area contributed by atoms with Gasteiger partial charge in [0.1, 0.15) is 5.78 Å². The van der Waals surface area contributed by atoms with Crippen molar-refractivity contribution >= 4 is 5.78 Å². The van der Waals surface area contributed by atoms with E-state index in [0.717, 1.165) is 19.3 Å². The Morgan fingerprint density at radius 2 is 1.65 bits per heavy atom. The van der Waals surface area contributed by atoms with Crippen LogP contribution in [0, 0.1) is 26.7 Å². The van der Waals surface area contributed by atoms with Crippen LogP contribution in [-0.4, -0.2) is 11.8 Å². The third-order valence-electron chi connectivity index (χ3n) is 4.04. The Labute approximate surface area is 123 Å². The predicted octanol–water partition coefficient (Wildman–Crippen LogP) is 3.88. The predicted molar refractivity (Wildman–Crippen MR) is 86.0 cm³/mol. The van der Waals surface area contributed by atoms with Crippen molar-refractivity contribution in [2.45, 2.75) is 66.3 Å². The highest BCUT2D eigenvalue weighted by Gasteiger charge is 2.16. The van der Waals surface area contributed by atoms with E-state index in [1.807, 2.05) is 13.8 Å². The lowest BCUT2D eigenvalue weighted by Crippen LogP contribution is -2.18. The molecular weight excluding hydrogens is 246 g/mol. The molecular formula is C18H29NO. The molecule has 0 bridgehead atoms. The van der Waals surface area contributed by atoms with Crippen LogP contribution in [0.3, 0.4) is 0 Å². The summed E-state index contributed by atoms with van der Waals surface area (Å²) in [7, 11) is 0. The summed E-state index contributed by atoms with van der Waals surface area (Å²) in [4.78, 5) is 12.3. The van der Waals surface area contributed by atoms with Gasteiger partial charge in [0.25, 0.3) is 0 Å². The maximum absolute atomic E-state index is 12.3. The van der Waals surface area contributed by atoms with E-state index in [1.165, 1.54) is 22.3 Å². The lowest BCUT2D eigenvalue weighted by atomic mass is 9.90. The fourth-order valence-electron chi connectivity index (χ4n) is 2.74. The molecule has 2 unspecified atom stereocenters. The molecule has 2 nitrogen and oxygen atoms in total. The summed E-state index contributed by atoms with van der Waals surface area (Å²) >= 11 is 0. The van der Waals surface area contributed by atoms with Crippen LogP contribution in [0.4, 0.5) is 0 Å². The first-order valence-corrected chi connectivity index (χ1v) is 7.66. The summed E-state index contributed by atoms with van der Waals surface area (Å²) in [6, 6.07) is 4.56. The van der Waals surface area contributed by atoms with E-state index < -0.39 is 0 Å². The van der Waals surface area contributed by atoms with Gasteiger partial charge in [-0.15, -0.1) is 0 Å². The van der Waals surface area contributed by atoms with Crippen LogP contribution in [0.15, 0.2) is 12.1 Å². The van der Waals surface area contributed by atoms with E-state index in [4.69, 9.17) is 5.73 Å². The van der Waals surface area contributed by atoms with Gasteiger partial charge in [0.05, 0.1) is 0 Å². The zero-order valence-electron chi connectivity index (χ0n) is 13.6. The smallest absolute Gasteiger partial charge is 0.140 e. The first kappa shape index (κ1) is 16.9. The van der Waals surface area contributed by atoms with Gasteiger partial charge < -0.3 is 5.73 Å². The number of aryl methyl sites for hydroxylation is 3. The van der Waals surface area contributed by atoms with Crippen LogP contribution in [0.1, 0.15) is 55.4 Å². The average Bonchev–Trinajstić information content (AvgIpc) is 2.32. The Bertz CT molecular complexity index is 439. The first-order valence-electron chi connectivity index (χ1n) is 7.66. The van der Waals surface area contributed by atoms with Crippen molar-refractivity contribution in [3.8, 4) is 0 Å². The van der Waals surface area contributed by atoms with Crippen LogP contribution in [0.2, 0.25) is 0 Å². The number of carbonyl (C=O) groups is 1. The molecule has 0 aromatic heterocycles. The summed E-state index contributed by atoms with van der Waals surface area (Å²) in [5.74, 6) is 0.485. The molecule has 20 heavy (non-hydrogen) atoms. The lowest BCUT2D eigenvalue weighted by Gasteiger charge is -2.15. The molecule has 0 spiro atoms. The number of benzene rings is 1. The first-order chi connectivity index (χ1) is 9.31. The van der Waals surface area contributed by atoms with Crippen molar-refractivity contribution in [2.75, 3.05) is 0 Å². The molecule has 0 saturated carbocycles. The van der Waals surface area contributed by atoms with Gasteiger partial charge in [0.15, 0.2) is 0 Å². The van der Waals surface area contributed by atoms with E-state index in [9.17, 15) is 4.79 Å². The molecule has 2 atom stereocenters. The Kier molecular flexibility index (Phi) is 6.41. The van der Waals surface area contributed by atoms with E-state index in [2.05, 4.69) is 32.9 Å². The van der Waals surface area contributed by atoms with E-state index in [1.54, 1.807) is 0 Å². The summed E-state index contributed by atoms with van der Waals surface area (Å²) in [5, 5.41) is 0. The summed E-state index contributed by atoms with van der Waals surface area (Å²) < 4.78 is 0. The Hall–Kier alpha value is -1.15. The van der Waals surface area contributed by atoms with Crippen LogP contribution >= 0.6 is 0 Å². The van der Waals surface area contributed by atoms with Gasteiger partial charge in [-0.1, -0.05) is 31.0 Å². The molecule has 0 amide bonds. The third-order valence-corrected chi connectivity index (χ3v) is 4.04. The maximum Gasteiger partial charge on any atom is 0.140 e. The van der Waals surface area contributed by atoms with Crippen LogP contribution < -0.4 is 5.73 Å². The molecule has 0 aliphatic carbocycles. The van der Waals surface area contributed by atoms with Gasteiger partial charge in [-0.05, 0) is 57.2 Å². The van der Waals surface area contributed by atoms with E-state index >= 15 is 0 Å². The van der Waals surface area contributed by atoms with Crippen molar-refractivity contribution in [2.24, 2.45) is 11.7 Å². The standard InChI is InChI=1S/C18H29NO/c1-12-9-14(3)17(15(4)10-12)11-18(20)13(2)7-6-8-16(5)19/h9-10,13,16H,6-8,11,19H2,1-5H3. The average molecular weight is 275 g/mol. The molecule has 2 heteroatoms.